The molecule has 106 valence electrons. The normalized spacial score (nSPS) is 10.4. The molecule has 1 aromatic carbocycles. The summed E-state index contributed by atoms with van der Waals surface area (Å²) in [6.45, 7) is 2.54. The number of aryl methyl sites for hydroxylation is 1. The van der Waals surface area contributed by atoms with Crippen LogP contribution in [0.25, 0.3) is 0 Å². The molecule has 1 N–H and O–H groups in total. The van der Waals surface area contributed by atoms with Crippen LogP contribution in [0.4, 0.5) is 5.69 Å². The van der Waals surface area contributed by atoms with Crippen molar-refractivity contribution in [2.75, 3.05) is 12.4 Å². The van der Waals surface area contributed by atoms with Crippen LogP contribution in [0.15, 0.2) is 24.4 Å². The van der Waals surface area contributed by atoms with Crippen LogP contribution in [-0.4, -0.2) is 22.8 Å². The van der Waals surface area contributed by atoms with Gasteiger partial charge in [-0.3, -0.25) is 9.48 Å². The average molecular weight is 314 g/mol. The number of hydrogen-bond acceptors (Lipinski definition) is 3. The van der Waals surface area contributed by atoms with Crippen LogP contribution in [0.2, 0.25) is 10.0 Å². The van der Waals surface area contributed by atoms with E-state index < -0.39 is 5.91 Å². The minimum Gasteiger partial charge on any atom is -0.495 e. The minimum absolute atomic E-state index is 0.163. The van der Waals surface area contributed by atoms with Gasteiger partial charge in [-0.1, -0.05) is 23.2 Å². The number of anilines is 1. The Morgan fingerprint density at radius 1 is 1.45 bits per heavy atom. The van der Waals surface area contributed by atoms with Crippen LogP contribution in [0.5, 0.6) is 5.75 Å². The highest BCUT2D eigenvalue weighted by molar-refractivity contribution is 6.34. The standard InChI is InChI=1S/C13H13Cl2N3O2/c1-3-18-7-9(15)12(17-18)13(19)16-10-6-8(14)4-5-11(10)20-2/h4-7H,3H2,1-2H3,(H,16,19). The van der Waals surface area contributed by atoms with Crippen molar-refractivity contribution >= 4 is 34.8 Å². The molecule has 5 nitrogen and oxygen atoms in total. The van der Waals surface area contributed by atoms with Gasteiger partial charge in [0.1, 0.15) is 5.75 Å². The molecule has 0 spiro atoms. The van der Waals surface area contributed by atoms with E-state index in [-0.39, 0.29) is 5.69 Å². The van der Waals surface area contributed by atoms with Crippen LogP contribution in [0, 0.1) is 0 Å². The topological polar surface area (TPSA) is 56.2 Å². The Labute approximate surface area is 126 Å². The van der Waals surface area contributed by atoms with Gasteiger partial charge in [-0.25, -0.2) is 0 Å². The third kappa shape index (κ3) is 3.05. The number of methoxy groups -OCH3 is 1. The summed E-state index contributed by atoms with van der Waals surface area (Å²) in [5, 5.41) is 7.58. The van der Waals surface area contributed by atoms with Crippen molar-refractivity contribution in [3.8, 4) is 5.75 Å². The summed E-state index contributed by atoms with van der Waals surface area (Å²) in [7, 11) is 1.51. The SMILES string of the molecule is CCn1cc(Cl)c(C(=O)Nc2cc(Cl)ccc2OC)n1. The maximum absolute atomic E-state index is 12.2. The zero-order valence-electron chi connectivity index (χ0n) is 11.0. The molecule has 20 heavy (non-hydrogen) atoms. The smallest absolute Gasteiger partial charge is 0.277 e. The van der Waals surface area contributed by atoms with Gasteiger partial charge in [-0.2, -0.15) is 5.10 Å². The number of hydrogen-bond donors (Lipinski definition) is 1. The van der Waals surface area contributed by atoms with Gasteiger partial charge in [0.2, 0.25) is 0 Å². The van der Waals surface area contributed by atoms with E-state index in [0.717, 1.165) is 0 Å². The molecule has 2 aromatic rings. The number of benzene rings is 1. The number of carbonyl (C=O) groups excluding carboxylic acids is 1. The van der Waals surface area contributed by atoms with E-state index in [1.165, 1.54) is 7.11 Å². The third-order valence-electron chi connectivity index (χ3n) is 2.67. The van der Waals surface area contributed by atoms with Gasteiger partial charge in [0, 0.05) is 17.8 Å². The summed E-state index contributed by atoms with van der Waals surface area (Å²) in [5.74, 6) is 0.0940. The Balaban J connectivity index is 2.27. The second-order valence-electron chi connectivity index (χ2n) is 3.98. The highest BCUT2D eigenvalue weighted by atomic mass is 35.5. The first-order chi connectivity index (χ1) is 9.55. The second kappa shape index (κ2) is 6.15. The van der Waals surface area contributed by atoms with E-state index in [0.29, 0.717) is 28.0 Å². The Hall–Kier alpha value is -1.72. The number of nitrogens with one attached hydrogen (secondary N) is 1. The largest absolute Gasteiger partial charge is 0.495 e. The maximum atomic E-state index is 12.2. The summed E-state index contributed by atoms with van der Waals surface area (Å²) < 4.78 is 6.75. The molecule has 0 saturated carbocycles. The fraction of sp³-hybridized carbons (Fsp3) is 0.231. The molecule has 0 aliphatic rings. The molecule has 2 rings (SSSR count). The first-order valence-corrected chi connectivity index (χ1v) is 6.68. The molecular formula is C13H13Cl2N3O2. The van der Waals surface area contributed by atoms with Crippen LogP contribution < -0.4 is 10.1 Å². The van der Waals surface area contributed by atoms with E-state index in [1.807, 2.05) is 6.92 Å². The van der Waals surface area contributed by atoms with Crippen molar-refractivity contribution in [3.05, 3.63) is 40.1 Å². The lowest BCUT2D eigenvalue weighted by molar-refractivity contribution is 0.102. The lowest BCUT2D eigenvalue weighted by atomic mass is 10.2. The molecule has 1 amide bonds. The van der Waals surface area contributed by atoms with E-state index in [4.69, 9.17) is 27.9 Å². The van der Waals surface area contributed by atoms with Gasteiger partial charge in [0.15, 0.2) is 5.69 Å². The number of aromatic nitrogens is 2. The minimum atomic E-state index is -0.414. The monoisotopic (exact) mass is 313 g/mol. The molecule has 0 aliphatic heterocycles. The first kappa shape index (κ1) is 14.7. The Morgan fingerprint density at radius 3 is 2.80 bits per heavy atom. The predicted octanol–water partition coefficient (Wildman–Crippen LogP) is 3.47. The summed E-state index contributed by atoms with van der Waals surface area (Å²) in [6.07, 6.45) is 1.60. The van der Waals surface area contributed by atoms with Crippen molar-refractivity contribution < 1.29 is 9.53 Å². The van der Waals surface area contributed by atoms with Crippen LogP contribution >= 0.6 is 23.2 Å². The maximum Gasteiger partial charge on any atom is 0.277 e. The van der Waals surface area contributed by atoms with Crippen LogP contribution in [0.3, 0.4) is 0 Å². The predicted molar refractivity (Wildman–Crippen MR) is 78.9 cm³/mol. The summed E-state index contributed by atoms with van der Waals surface area (Å²) in [4.78, 5) is 12.2. The van der Waals surface area contributed by atoms with Crippen molar-refractivity contribution in [1.82, 2.24) is 9.78 Å². The van der Waals surface area contributed by atoms with Crippen molar-refractivity contribution in [1.29, 1.82) is 0 Å². The molecule has 0 atom stereocenters. The number of nitrogens with zero attached hydrogens (tertiary/aromatic N) is 2. The van der Waals surface area contributed by atoms with Gasteiger partial charge in [-0.15, -0.1) is 0 Å². The van der Waals surface area contributed by atoms with Gasteiger partial charge < -0.3 is 10.1 Å². The zero-order valence-corrected chi connectivity index (χ0v) is 12.5. The Bertz CT molecular complexity index is 641. The van der Waals surface area contributed by atoms with Crippen molar-refractivity contribution in [2.45, 2.75) is 13.5 Å². The highest BCUT2D eigenvalue weighted by Gasteiger charge is 2.17. The molecular weight excluding hydrogens is 301 g/mol. The molecule has 1 aromatic heterocycles. The lowest BCUT2D eigenvalue weighted by Gasteiger charge is -2.09. The van der Waals surface area contributed by atoms with Crippen molar-refractivity contribution in [2.24, 2.45) is 0 Å². The van der Waals surface area contributed by atoms with Crippen LogP contribution in [-0.2, 0) is 6.54 Å². The second-order valence-corrected chi connectivity index (χ2v) is 4.82. The lowest BCUT2D eigenvalue weighted by Crippen LogP contribution is -2.14. The molecule has 7 heteroatoms. The van der Waals surface area contributed by atoms with Gasteiger partial charge >= 0.3 is 0 Å². The molecule has 0 aliphatic carbocycles. The quantitative estimate of drug-likeness (QED) is 0.940. The zero-order chi connectivity index (χ0) is 14.7. The first-order valence-electron chi connectivity index (χ1n) is 5.93. The number of rotatable bonds is 4. The van der Waals surface area contributed by atoms with Crippen LogP contribution in [0.1, 0.15) is 17.4 Å². The summed E-state index contributed by atoms with van der Waals surface area (Å²) in [6, 6.07) is 4.95. The number of ether oxygens (including phenoxy) is 1. The van der Waals surface area contributed by atoms with Gasteiger partial charge in [0.05, 0.1) is 17.8 Å². The number of amides is 1. The Morgan fingerprint density at radius 2 is 2.20 bits per heavy atom. The fourth-order valence-corrected chi connectivity index (χ4v) is 2.08. The summed E-state index contributed by atoms with van der Waals surface area (Å²) >= 11 is 11.9. The van der Waals surface area contributed by atoms with Gasteiger partial charge in [-0.05, 0) is 25.1 Å². The van der Waals surface area contributed by atoms with E-state index in [1.54, 1.807) is 29.1 Å². The molecule has 0 saturated heterocycles. The molecule has 0 fully saturated rings. The van der Waals surface area contributed by atoms with E-state index in [9.17, 15) is 4.79 Å². The number of halogens is 2. The molecule has 0 unspecified atom stereocenters. The van der Waals surface area contributed by atoms with E-state index >= 15 is 0 Å². The molecule has 0 radical (unpaired) electrons. The average Bonchev–Trinajstić information content (AvgIpc) is 2.80. The summed E-state index contributed by atoms with van der Waals surface area (Å²) in [5.41, 5.74) is 0.627. The number of carbonyl (C=O) groups is 1. The van der Waals surface area contributed by atoms with Crippen molar-refractivity contribution in [3.63, 3.8) is 0 Å². The van der Waals surface area contributed by atoms with Gasteiger partial charge in [0.25, 0.3) is 5.91 Å². The molecule has 1 heterocycles. The third-order valence-corrected chi connectivity index (χ3v) is 3.18. The molecule has 0 bridgehead atoms. The van der Waals surface area contributed by atoms with E-state index in [2.05, 4.69) is 10.4 Å². The Kier molecular flexibility index (Phi) is 4.52. The highest BCUT2D eigenvalue weighted by Crippen LogP contribution is 2.28. The fourth-order valence-electron chi connectivity index (χ4n) is 1.67.